The molecule has 0 aliphatic rings. The van der Waals surface area contributed by atoms with Gasteiger partial charge in [-0.2, -0.15) is 0 Å². The number of carbonyl (C=O) groups is 2. The molecule has 0 atom stereocenters. The van der Waals surface area contributed by atoms with E-state index < -0.39 is 5.97 Å². The molecule has 144 valence electrons. The molecule has 27 heavy (non-hydrogen) atoms. The maximum atomic E-state index is 12.0. The van der Waals surface area contributed by atoms with Crippen LogP contribution in [0.2, 0.25) is 0 Å². The zero-order valence-electron chi connectivity index (χ0n) is 16.6. The highest BCUT2D eigenvalue weighted by molar-refractivity contribution is 5.93. The second-order valence-corrected chi connectivity index (χ2v) is 7.01. The third-order valence-corrected chi connectivity index (χ3v) is 4.17. The zero-order valence-corrected chi connectivity index (χ0v) is 16.6. The second kappa shape index (κ2) is 9.21. The number of carbonyl (C=O) groups excluding carboxylic acids is 2. The van der Waals surface area contributed by atoms with E-state index in [1.54, 1.807) is 0 Å². The summed E-state index contributed by atoms with van der Waals surface area (Å²) < 4.78 is 10.6. The Hall–Kier alpha value is -2.82. The van der Waals surface area contributed by atoms with Crippen molar-refractivity contribution in [3.8, 4) is 5.75 Å². The molecule has 5 nitrogen and oxygen atoms in total. The topological polar surface area (TPSA) is 64.6 Å². The summed E-state index contributed by atoms with van der Waals surface area (Å²) in [6, 6.07) is 11.7. The number of rotatable bonds is 7. The largest absolute Gasteiger partial charge is 0.482 e. The van der Waals surface area contributed by atoms with E-state index in [0.717, 1.165) is 22.3 Å². The van der Waals surface area contributed by atoms with Gasteiger partial charge in [0.2, 0.25) is 0 Å². The SMILES string of the molecule is Cc1ccc(C)c(NC(=O)COC(=O)COc2cc(C)ccc2C(C)C)c1. The Bertz CT molecular complexity index is 827. The number of hydrogen-bond donors (Lipinski definition) is 1. The predicted molar refractivity (Wildman–Crippen MR) is 106 cm³/mol. The summed E-state index contributed by atoms with van der Waals surface area (Å²) in [7, 11) is 0. The molecule has 0 aromatic heterocycles. The van der Waals surface area contributed by atoms with Crippen molar-refractivity contribution < 1.29 is 19.1 Å². The Morgan fingerprint density at radius 3 is 2.33 bits per heavy atom. The van der Waals surface area contributed by atoms with Crippen molar-refractivity contribution in [1.82, 2.24) is 0 Å². The highest BCUT2D eigenvalue weighted by Crippen LogP contribution is 2.27. The van der Waals surface area contributed by atoms with Gasteiger partial charge in [0.1, 0.15) is 5.75 Å². The summed E-state index contributed by atoms with van der Waals surface area (Å²) in [4.78, 5) is 23.9. The number of amides is 1. The molecule has 0 saturated carbocycles. The van der Waals surface area contributed by atoms with E-state index in [-0.39, 0.29) is 25.0 Å². The van der Waals surface area contributed by atoms with E-state index in [1.807, 2.05) is 57.2 Å². The number of aryl methyl sites for hydroxylation is 3. The van der Waals surface area contributed by atoms with Crippen LogP contribution in [0.5, 0.6) is 5.75 Å². The van der Waals surface area contributed by atoms with Crippen molar-refractivity contribution >= 4 is 17.6 Å². The average Bonchev–Trinajstić information content (AvgIpc) is 2.61. The first-order valence-corrected chi connectivity index (χ1v) is 9.02. The Balaban J connectivity index is 1.85. The van der Waals surface area contributed by atoms with Crippen LogP contribution in [0.4, 0.5) is 5.69 Å². The quantitative estimate of drug-likeness (QED) is 0.739. The average molecular weight is 369 g/mol. The maximum absolute atomic E-state index is 12.0. The summed E-state index contributed by atoms with van der Waals surface area (Å²) in [5.41, 5.74) is 4.79. The molecule has 0 fully saturated rings. The fraction of sp³-hybridized carbons (Fsp3) is 0.364. The molecule has 2 aromatic carbocycles. The fourth-order valence-corrected chi connectivity index (χ4v) is 2.62. The molecule has 0 unspecified atom stereocenters. The molecule has 0 heterocycles. The first-order valence-electron chi connectivity index (χ1n) is 9.02. The van der Waals surface area contributed by atoms with Gasteiger partial charge in [-0.15, -0.1) is 0 Å². The third-order valence-electron chi connectivity index (χ3n) is 4.17. The molecule has 0 spiro atoms. The maximum Gasteiger partial charge on any atom is 0.344 e. The van der Waals surface area contributed by atoms with Gasteiger partial charge in [-0.3, -0.25) is 4.79 Å². The molecule has 0 radical (unpaired) electrons. The van der Waals surface area contributed by atoms with Gasteiger partial charge in [0.25, 0.3) is 5.91 Å². The van der Waals surface area contributed by atoms with Crippen LogP contribution in [0, 0.1) is 20.8 Å². The van der Waals surface area contributed by atoms with Crippen LogP contribution in [-0.4, -0.2) is 25.1 Å². The van der Waals surface area contributed by atoms with Gasteiger partial charge in [0.15, 0.2) is 13.2 Å². The zero-order chi connectivity index (χ0) is 20.0. The van der Waals surface area contributed by atoms with Gasteiger partial charge in [0, 0.05) is 5.69 Å². The Labute approximate surface area is 160 Å². The summed E-state index contributed by atoms with van der Waals surface area (Å²) >= 11 is 0. The molecule has 5 heteroatoms. The van der Waals surface area contributed by atoms with E-state index in [2.05, 4.69) is 19.2 Å². The van der Waals surface area contributed by atoms with Crippen molar-refractivity contribution in [2.45, 2.75) is 40.5 Å². The van der Waals surface area contributed by atoms with Crippen LogP contribution in [-0.2, 0) is 14.3 Å². The van der Waals surface area contributed by atoms with E-state index in [9.17, 15) is 9.59 Å². The lowest BCUT2D eigenvalue weighted by Crippen LogP contribution is -2.24. The summed E-state index contributed by atoms with van der Waals surface area (Å²) in [5.74, 6) is -0.0143. The Kier molecular flexibility index (Phi) is 6.99. The normalized spacial score (nSPS) is 10.6. The smallest absolute Gasteiger partial charge is 0.344 e. The van der Waals surface area contributed by atoms with Crippen molar-refractivity contribution in [1.29, 1.82) is 0 Å². The van der Waals surface area contributed by atoms with Crippen LogP contribution < -0.4 is 10.1 Å². The molecule has 0 bridgehead atoms. The lowest BCUT2D eigenvalue weighted by Gasteiger charge is -2.14. The van der Waals surface area contributed by atoms with Crippen LogP contribution in [0.1, 0.15) is 42.0 Å². The molecule has 0 saturated heterocycles. The van der Waals surface area contributed by atoms with E-state index >= 15 is 0 Å². The lowest BCUT2D eigenvalue weighted by atomic mass is 10.0. The summed E-state index contributed by atoms with van der Waals surface area (Å²) in [5, 5.41) is 2.75. The van der Waals surface area contributed by atoms with Crippen molar-refractivity contribution in [3.05, 3.63) is 58.7 Å². The van der Waals surface area contributed by atoms with Crippen molar-refractivity contribution in [2.24, 2.45) is 0 Å². The van der Waals surface area contributed by atoms with E-state index in [4.69, 9.17) is 9.47 Å². The standard InChI is InChI=1S/C22H27NO4/c1-14(2)18-9-7-16(4)11-20(18)26-13-22(25)27-12-21(24)23-19-10-15(3)6-8-17(19)5/h6-11,14H,12-13H2,1-5H3,(H,23,24). The van der Waals surface area contributed by atoms with Gasteiger partial charge >= 0.3 is 5.97 Å². The van der Waals surface area contributed by atoms with Gasteiger partial charge in [-0.1, -0.05) is 38.1 Å². The van der Waals surface area contributed by atoms with Gasteiger partial charge in [-0.05, 0) is 61.1 Å². The monoisotopic (exact) mass is 369 g/mol. The molecular formula is C22H27NO4. The molecule has 2 aromatic rings. The first kappa shape index (κ1) is 20.5. The fourth-order valence-electron chi connectivity index (χ4n) is 2.62. The number of esters is 1. The Morgan fingerprint density at radius 1 is 0.963 bits per heavy atom. The van der Waals surface area contributed by atoms with Crippen molar-refractivity contribution in [2.75, 3.05) is 18.5 Å². The number of hydrogen-bond acceptors (Lipinski definition) is 4. The van der Waals surface area contributed by atoms with Crippen molar-refractivity contribution in [3.63, 3.8) is 0 Å². The summed E-state index contributed by atoms with van der Waals surface area (Å²) in [6.45, 7) is 9.36. The van der Waals surface area contributed by atoms with Gasteiger partial charge < -0.3 is 14.8 Å². The number of anilines is 1. The summed E-state index contributed by atoms with van der Waals surface area (Å²) in [6.07, 6.45) is 0. The minimum Gasteiger partial charge on any atom is -0.482 e. The van der Waals surface area contributed by atoms with E-state index in [1.165, 1.54) is 0 Å². The van der Waals surface area contributed by atoms with Crippen LogP contribution in [0.25, 0.3) is 0 Å². The number of benzene rings is 2. The molecule has 0 aliphatic carbocycles. The molecule has 1 amide bonds. The van der Waals surface area contributed by atoms with Crippen LogP contribution in [0.15, 0.2) is 36.4 Å². The predicted octanol–water partition coefficient (Wildman–Crippen LogP) is 4.30. The molecule has 0 aliphatic heterocycles. The number of nitrogens with one attached hydrogen (secondary N) is 1. The molecular weight excluding hydrogens is 342 g/mol. The second-order valence-electron chi connectivity index (χ2n) is 7.01. The Morgan fingerprint density at radius 2 is 1.63 bits per heavy atom. The first-order chi connectivity index (χ1) is 12.8. The van der Waals surface area contributed by atoms with Crippen LogP contribution >= 0.6 is 0 Å². The lowest BCUT2D eigenvalue weighted by molar-refractivity contribution is -0.149. The highest BCUT2D eigenvalue weighted by atomic mass is 16.6. The van der Waals surface area contributed by atoms with Crippen LogP contribution in [0.3, 0.4) is 0 Å². The third kappa shape index (κ3) is 6.13. The minimum absolute atomic E-state index is 0.236. The highest BCUT2D eigenvalue weighted by Gasteiger charge is 2.13. The van der Waals surface area contributed by atoms with E-state index in [0.29, 0.717) is 11.4 Å². The van der Waals surface area contributed by atoms with Gasteiger partial charge in [-0.25, -0.2) is 4.79 Å². The molecule has 2 rings (SSSR count). The number of ether oxygens (including phenoxy) is 2. The van der Waals surface area contributed by atoms with Gasteiger partial charge in [0.05, 0.1) is 0 Å². The molecule has 1 N–H and O–H groups in total. The minimum atomic E-state index is -0.581.